The van der Waals surface area contributed by atoms with Crippen LogP contribution >= 0.6 is 0 Å². The number of nitrogens with zero attached hydrogens (tertiary/aromatic N) is 1. The van der Waals surface area contributed by atoms with Gasteiger partial charge >= 0.3 is 0 Å². The van der Waals surface area contributed by atoms with Crippen LogP contribution in [0.25, 0.3) is 21.9 Å². The summed E-state index contributed by atoms with van der Waals surface area (Å²) in [6, 6.07) is 16.9. The van der Waals surface area contributed by atoms with E-state index in [1.807, 2.05) is 18.2 Å². The summed E-state index contributed by atoms with van der Waals surface area (Å²) in [6.45, 7) is 9.40. The SMILES string of the molecule is COc1ccc2c3c(cc(O)c2c1)C1(CC(C)(C)N(C)C(C)(C)C1)c1ccccc1-3. The van der Waals surface area contributed by atoms with Crippen molar-refractivity contribution < 1.29 is 9.84 Å². The number of phenolic OH excluding ortho intramolecular Hbond substituents is 1. The first kappa shape index (κ1) is 19.4. The minimum atomic E-state index is -0.114. The van der Waals surface area contributed by atoms with Crippen LogP contribution in [0.15, 0.2) is 48.5 Å². The van der Waals surface area contributed by atoms with Crippen molar-refractivity contribution in [3.8, 4) is 22.6 Å². The highest BCUT2D eigenvalue weighted by Gasteiger charge is 2.55. The van der Waals surface area contributed by atoms with E-state index in [0.717, 1.165) is 29.4 Å². The maximum atomic E-state index is 11.1. The Kier molecular flexibility index (Phi) is 3.90. The van der Waals surface area contributed by atoms with Crippen LogP contribution in [0.5, 0.6) is 11.5 Å². The fourth-order valence-corrected chi connectivity index (χ4v) is 6.42. The molecule has 30 heavy (non-hydrogen) atoms. The van der Waals surface area contributed by atoms with E-state index < -0.39 is 0 Å². The van der Waals surface area contributed by atoms with E-state index in [1.54, 1.807) is 7.11 Å². The molecule has 1 N–H and O–H groups in total. The second-order valence-corrected chi connectivity index (χ2v) is 10.4. The Bertz CT molecular complexity index is 1160. The van der Waals surface area contributed by atoms with Crippen LogP contribution in [0.1, 0.15) is 51.7 Å². The molecule has 0 aromatic heterocycles. The lowest BCUT2D eigenvalue weighted by atomic mass is 9.60. The second-order valence-electron chi connectivity index (χ2n) is 10.4. The van der Waals surface area contributed by atoms with Crippen molar-refractivity contribution in [2.75, 3.05) is 14.2 Å². The van der Waals surface area contributed by atoms with Crippen LogP contribution in [-0.4, -0.2) is 35.2 Å². The summed E-state index contributed by atoms with van der Waals surface area (Å²) in [4.78, 5) is 2.53. The highest BCUT2D eigenvalue weighted by atomic mass is 16.5. The summed E-state index contributed by atoms with van der Waals surface area (Å²) in [6.07, 6.45) is 2.04. The Balaban J connectivity index is 1.88. The summed E-state index contributed by atoms with van der Waals surface area (Å²) < 4.78 is 5.43. The fraction of sp³-hybridized carbons (Fsp3) is 0.407. The Morgan fingerprint density at radius 2 is 1.53 bits per heavy atom. The molecule has 0 radical (unpaired) electrons. The quantitative estimate of drug-likeness (QED) is 0.534. The minimum absolute atomic E-state index is 0.0287. The third-order valence-electron chi connectivity index (χ3n) is 7.83. The van der Waals surface area contributed by atoms with Crippen molar-refractivity contribution in [2.45, 2.75) is 57.0 Å². The number of rotatable bonds is 1. The Labute approximate surface area is 179 Å². The summed E-state index contributed by atoms with van der Waals surface area (Å²) in [7, 11) is 3.91. The molecular formula is C27H31NO2. The first-order valence-corrected chi connectivity index (χ1v) is 10.8. The van der Waals surface area contributed by atoms with E-state index in [2.05, 4.69) is 70.0 Å². The third kappa shape index (κ3) is 2.42. The van der Waals surface area contributed by atoms with Gasteiger partial charge in [0.1, 0.15) is 11.5 Å². The van der Waals surface area contributed by atoms with Crippen molar-refractivity contribution in [1.29, 1.82) is 0 Å². The average Bonchev–Trinajstić information content (AvgIpc) is 2.95. The van der Waals surface area contributed by atoms with Crippen molar-refractivity contribution in [1.82, 2.24) is 4.90 Å². The number of ether oxygens (including phenoxy) is 1. The van der Waals surface area contributed by atoms with Gasteiger partial charge in [0.15, 0.2) is 0 Å². The van der Waals surface area contributed by atoms with Gasteiger partial charge in [0.2, 0.25) is 0 Å². The first-order valence-electron chi connectivity index (χ1n) is 10.8. The number of likely N-dealkylation sites (tertiary alicyclic amines) is 1. The molecule has 2 aliphatic rings. The number of hydrogen-bond acceptors (Lipinski definition) is 3. The Morgan fingerprint density at radius 3 is 2.20 bits per heavy atom. The van der Waals surface area contributed by atoms with Gasteiger partial charge < -0.3 is 9.84 Å². The molecule has 0 atom stereocenters. The predicted molar refractivity (Wildman–Crippen MR) is 124 cm³/mol. The van der Waals surface area contributed by atoms with Gasteiger partial charge in [-0.1, -0.05) is 24.3 Å². The van der Waals surface area contributed by atoms with E-state index in [9.17, 15) is 5.11 Å². The Morgan fingerprint density at radius 1 is 0.867 bits per heavy atom. The van der Waals surface area contributed by atoms with Gasteiger partial charge in [-0.15, -0.1) is 0 Å². The number of piperidine rings is 1. The second kappa shape index (κ2) is 6.01. The maximum Gasteiger partial charge on any atom is 0.123 e. The highest BCUT2D eigenvalue weighted by Crippen LogP contribution is 2.61. The summed E-state index contributed by atoms with van der Waals surface area (Å²) >= 11 is 0. The number of phenols is 1. The number of benzene rings is 3. The normalized spacial score (nSPS) is 20.9. The lowest BCUT2D eigenvalue weighted by molar-refractivity contribution is -0.0317. The van der Waals surface area contributed by atoms with Crippen molar-refractivity contribution in [2.24, 2.45) is 0 Å². The molecule has 1 heterocycles. The fourth-order valence-electron chi connectivity index (χ4n) is 6.42. The van der Waals surface area contributed by atoms with Gasteiger partial charge in [-0.3, -0.25) is 4.90 Å². The van der Waals surface area contributed by atoms with Crippen LogP contribution in [0.3, 0.4) is 0 Å². The van der Waals surface area contributed by atoms with Crippen LogP contribution in [-0.2, 0) is 5.41 Å². The molecule has 1 saturated heterocycles. The van der Waals surface area contributed by atoms with Crippen molar-refractivity contribution in [3.05, 3.63) is 59.7 Å². The zero-order valence-corrected chi connectivity index (χ0v) is 18.8. The van der Waals surface area contributed by atoms with E-state index in [0.29, 0.717) is 5.75 Å². The lowest BCUT2D eigenvalue weighted by Gasteiger charge is -2.58. The topological polar surface area (TPSA) is 32.7 Å². The van der Waals surface area contributed by atoms with Gasteiger partial charge in [-0.05, 0) is 99.5 Å². The number of aromatic hydroxyl groups is 1. The molecule has 0 saturated carbocycles. The van der Waals surface area contributed by atoms with E-state index in [4.69, 9.17) is 4.74 Å². The maximum absolute atomic E-state index is 11.1. The largest absolute Gasteiger partial charge is 0.507 e. The van der Waals surface area contributed by atoms with Crippen LogP contribution < -0.4 is 4.74 Å². The molecule has 0 bridgehead atoms. The van der Waals surface area contributed by atoms with Gasteiger partial charge in [-0.2, -0.15) is 0 Å². The lowest BCUT2D eigenvalue weighted by Crippen LogP contribution is -2.62. The van der Waals surface area contributed by atoms with Gasteiger partial charge in [0, 0.05) is 21.9 Å². The monoisotopic (exact) mass is 401 g/mol. The molecule has 3 aromatic carbocycles. The molecule has 1 spiro atoms. The molecule has 1 fully saturated rings. The first-order chi connectivity index (χ1) is 14.1. The zero-order valence-electron chi connectivity index (χ0n) is 18.8. The van der Waals surface area contributed by atoms with Gasteiger partial charge in [-0.25, -0.2) is 0 Å². The van der Waals surface area contributed by atoms with Crippen LogP contribution in [0.2, 0.25) is 0 Å². The summed E-state index contributed by atoms with van der Waals surface area (Å²) in [5.41, 5.74) is 5.19. The summed E-state index contributed by atoms with van der Waals surface area (Å²) in [5, 5.41) is 13.0. The molecule has 0 amide bonds. The van der Waals surface area contributed by atoms with Crippen molar-refractivity contribution in [3.63, 3.8) is 0 Å². The average molecular weight is 402 g/mol. The third-order valence-corrected chi connectivity index (χ3v) is 7.83. The number of methoxy groups -OCH3 is 1. The predicted octanol–water partition coefficient (Wildman–Crippen LogP) is 6.10. The molecule has 3 heteroatoms. The molecule has 3 nitrogen and oxygen atoms in total. The Hall–Kier alpha value is -2.52. The molecule has 0 unspecified atom stereocenters. The molecule has 1 aliphatic carbocycles. The molecule has 156 valence electrons. The van der Waals surface area contributed by atoms with Gasteiger partial charge in [0.05, 0.1) is 7.11 Å². The van der Waals surface area contributed by atoms with Crippen LogP contribution in [0, 0.1) is 0 Å². The molecule has 3 aromatic rings. The summed E-state index contributed by atoms with van der Waals surface area (Å²) in [5.74, 6) is 1.10. The van der Waals surface area contributed by atoms with E-state index in [-0.39, 0.29) is 16.5 Å². The minimum Gasteiger partial charge on any atom is -0.507 e. The highest BCUT2D eigenvalue weighted by molar-refractivity contribution is 6.05. The molecule has 1 aliphatic heterocycles. The van der Waals surface area contributed by atoms with E-state index in [1.165, 1.54) is 22.3 Å². The van der Waals surface area contributed by atoms with Crippen molar-refractivity contribution >= 4 is 10.8 Å². The zero-order chi connectivity index (χ0) is 21.5. The standard InChI is InChI=1S/C27H31NO2/c1-25(2)15-27(16-26(3,4)28(25)5)21-10-8-7-9-19(21)24-18-12-11-17(30-6)13-20(18)23(29)14-22(24)27/h7-14,29H,15-16H2,1-6H3. The smallest absolute Gasteiger partial charge is 0.123 e. The molecular weight excluding hydrogens is 370 g/mol. The number of fused-ring (bicyclic) bond motifs is 7. The van der Waals surface area contributed by atoms with E-state index >= 15 is 0 Å². The van der Waals surface area contributed by atoms with Crippen LogP contribution in [0.4, 0.5) is 0 Å². The van der Waals surface area contributed by atoms with Gasteiger partial charge in [0.25, 0.3) is 0 Å². The molecule has 5 rings (SSSR count). The number of hydrogen-bond donors (Lipinski definition) is 1.